The minimum absolute atomic E-state index is 0.111. The van der Waals surface area contributed by atoms with Crippen LogP contribution in [-0.4, -0.2) is 50.2 Å². The summed E-state index contributed by atoms with van der Waals surface area (Å²) >= 11 is 1.16. The SMILES string of the molecule is CCCN(CCC)C(=O)CN(C)S(=O)(=O)c1cccs1. The molecule has 1 rings (SSSR count). The van der Waals surface area contributed by atoms with Crippen LogP contribution in [0, 0.1) is 0 Å². The van der Waals surface area contributed by atoms with Crippen LogP contribution < -0.4 is 0 Å². The first-order valence-electron chi connectivity index (χ1n) is 6.71. The Bertz CT molecular complexity index is 506. The van der Waals surface area contributed by atoms with Gasteiger partial charge in [-0.15, -0.1) is 11.3 Å². The number of nitrogens with zero attached hydrogens (tertiary/aromatic N) is 2. The first kappa shape index (κ1) is 17.1. The molecule has 0 N–H and O–H groups in total. The van der Waals surface area contributed by atoms with E-state index >= 15 is 0 Å². The monoisotopic (exact) mass is 318 g/mol. The van der Waals surface area contributed by atoms with E-state index in [1.54, 1.807) is 22.4 Å². The van der Waals surface area contributed by atoms with Crippen LogP contribution >= 0.6 is 11.3 Å². The smallest absolute Gasteiger partial charge is 0.252 e. The van der Waals surface area contributed by atoms with Crippen molar-refractivity contribution in [1.29, 1.82) is 0 Å². The Morgan fingerprint density at radius 1 is 1.25 bits per heavy atom. The zero-order valence-corrected chi connectivity index (χ0v) is 13.8. The van der Waals surface area contributed by atoms with Gasteiger partial charge >= 0.3 is 0 Å². The second kappa shape index (κ2) is 7.75. The molecule has 7 heteroatoms. The van der Waals surface area contributed by atoms with E-state index in [9.17, 15) is 13.2 Å². The number of rotatable bonds is 8. The Labute approximate surface area is 125 Å². The minimum atomic E-state index is -3.55. The molecule has 0 aliphatic carbocycles. The lowest BCUT2D eigenvalue weighted by atomic mass is 10.3. The van der Waals surface area contributed by atoms with Gasteiger partial charge in [0.25, 0.3) is 10.0 Å². The number of likely N-dealkylation sites (N-methyl/N-ethyl adjacent to an activating group) is 1. The molecule has 1 aromatic heterocycles. The molecule has 0 aliphatic heterocycles. The third-order valence-electron chi connectivity index (χ3n) is 2.86. The molecule has 0 radical (unpaired) electrons. The summed E-state index contributed by atoms with van der Waals surface area (Å²) < 4.78 is 25.9. The van der Waals surface area contributed by atoms with Crippen LogP contribution in [-0.2, 0) is 14.8 Å². The maximum atomic E-state index is 12.2. The van der Waals surface area contributed by atoms with Crippen molar-refractivity contribution in [3.8, 4) is 0 Å². The molecule has 0 unspecified atom stereocenters. The Morgan fingerprint density at radius 2 is 1.85 bits per heavy atom. The van der Waals surface area contributed by atoms with Gasteiger partial charge in [0.1, 0.15) is 4.21 Å². The summed E-state index contributed by atoms with van der Waals surface area (Å²) in [4.78, 5) is 13.9. The molecule has 0 aliphatic rings. The summed E-state index contributed by atoms with van der Waals surface area (Å²) in [6, 6.07) is 3.24. The van der Waals surface area contributed by atoms with Crippen LogP contribution in [0.5, 0.6) is 0 Å². The molecule has 0 fully saturated rings. The van der Waals surface area contributed by atoms with Crippen molar-refractivity contribution >= 4 is 27.3 Å². The third-order valence-corrected chi connectivity index (χ3v) is 6.03. The van der Waals surface area contributed by atoms with Gasteiger partial charge in [0.15, 0.2) is 0 Å². The van der Waals surface area contributed by atoms with E-state index in [2.05, 4.69) is 0 Å². The number of amides is 1. The Kier molecular flexibility index (Phi) is 6.64. The highest BCUT2D eigenvalue weighted by atomic mass is 32.2. The van der Waals surface area contributed by atoms with Crippen LogP contribution in [0.2, 0.25) is 0 Å². The predicted molar refractivity (Wildman–Crippen MR) is 81.3 cm³/mol. The molecule has 0 bridgehead atoms. The van der Waals surface area contributed by atoms with Crippen molar-refractivity contribution in [3.63, 3.8) is 0 Å². The van der Waals surface area contributed by atoms with Crippen molar-refractivity contribution in [2.45, 2.75) is 30.9 Å². The third kappa shape index (κ3) is 4.29. The van der Waals surface area contributed by atoms with Gasteiger partial charge in [-0.05, 0) is 24.3 Å². The Balaban J connectivity index is 2.74. The zero-order chi connectivity index (χ0) is 15.2. The average Bonchev–Trinajstić information content (AvgIpc) is 2.92. The van der Waals surface area contributed by atoms with Crippen LogP contribution in [0.25, 0.3) is 0 Å². The number of carbonyl (C=O) groups excluding carboxylic acids is 1. The summed E-state index contributed by atoms with van der Waals surface area (Å²) in [5, 5.41) is 1.71. The van der Waals surface area contributed by atoms with Gasteiger partial charge in [0.2, 0.25) is 5.91 Å². The highest BCUT2D eigenvalue weighted by Gasteiger charge is 2.25. The summed E-state index contributed by atoms with van der Waals surface area (Å²) in [5.41, 5.74) is 0. The molecule has 20 heavy (non-hydrogen) atoms. The lowest BCUT2D eigenvalue weighted by Crippen LogP contribution is -2.41. The summed E-state index contributed by atoms with van der Waals surface area (Å²) in [7, 11) is -2.10. The first-order valence-corrected chi connectivity index (χ1v) is 9.03. The van der Waals surface area contributed by atoms with E-state index < -0.39 is 10.0 Å². The zero-order valence-electron chi connectivity index (χ0n) is 12.2. The van der Waals surface area contributed by atoms with Crippen LogP contribution in [0.4, 0.5) is 0 Å². The second-order valence-corrected chi connectivity index (χ2v) is 7.79. The highest BCUT2D eigenvalue weighted by Crippen LogP contribution is 2.19. The number of hydrogen-bond acceptors (Lipinski definition) is 4. The van der Waals surface area contributed by atoms with Crippen molar-refractivity contribution in [3.05, 3.63) is 17.5 Å². The van der Waals surface area contributed by atoms with Crippen molar-refractivity contribution in [2.75, 3.05) is 26.7 Å². The molecular formula is C13H22N2O3S2. The molecular weight excluding hydrogens is 296 g/mol. The molecule has 0 saturated carbocycles. The standard InChI is InChI=1S/C13H22N2O3S2/c1-4-8-15(9-5-2)12(16)11-14(3)20(17,18)13-7-6-10-19-13/h6-7,10H,4-5,8-9,11H2,1-3H3. The quantitative estimate of drug-likeness (QED) is 0.737. The van der Waals surface area contributed by atoms with Crippen LogP contribution in [0.3, 0.4) is 0 Å². The van der Waals surface area contributed by atoms with Gasteiger partial charge in [-0.2, -0.15) is 4.31 Å². The molecule has 1 aromatic rings. The molecule has 0 saturated heterocycles. The topological polar surface area (TPSA) is 57.7 Å². The van der Waals surface area contributed by atoms with Gasteiger partial charge < -0.3 is 4.90 Å². The summed E-state index contributed by atoms with van der Waals surface area (Å²) in [6.07, 6.45) is 1.74. The van der Waals surface area contributed by atoms with E-state index in [1.807, 2.05) is 13.8 Å². The summed E-state index contributed by atoms with van der Waals surface area (Å²) in [6.45, 7) is 5.23. The average molecular weight is 318 g/mol. The van der Waals surface area contributed by atoms with E-state index in [-0.39, 0.29) is 16.7 Å². The molecule has 114 valence electrons. The van der Waals surface area contributed by atoms with Gasteiger partial charge in [-0.25, -0.2) is 8.42 Å². The molecule has 1 heterocycles. The largest absolute Gasteiger partial charge is 0.342 e. The fourth-order valence-electron chi connectivity index (χ4n) is 1.84. The fraction of sp³-hybridized carbons (Fsp3) is 0.615. The molecule has 0 atom stereocenters. The van der Waals surface area contributed by atoms with Gasteiger partial charge in [0, 0.05) is 20.1 Å². The normalized spacial score (nSPS) is 11.8. The Hall–Kier alpha value is -0.920. The van der Waals surface area contributed by atoms with E-state index in [0.717, 1.165) is 28.5 Å². The van der Waals surface area contributed by atoms with E-state index in [0.29, 0.717) is 13.1 Å². The number of thiophene rings is 1. The number of sulfonamides is 1. The van der Waals surface area contributed by atoms with Crippen molar-refractivity contribution < 1.29 is 13.2 Å². The Morgan fingerprint density at radius 3 is 2.30 bits per heavy atom. The van der Waals surface area contributed by atoms with Crippen LogP contribution in [0.1, 0.15) is 26.7 Å². The van der Waals surface area contributed by atoms with Crippen molar-refractivity contribution in [1.82, 2.24) is 9.21 Å². The molecule has 0 aromatic carbocycles. The van der Waals surface area contributed by atoms with Crippen LogP contribution in [0.15, 0.2) is 21.7 Å². The maximum absolute atomic E-state index is 12.2. The summed E-state index contributed by atoms with van der Waals surface area (Å²) in [5.74, 6) is -0.142. The predicted octanol–water partition coefficient (Wildman–Crippen LogP) is 2.02. The second-order valence-electron chi connectivity index (χ2n) is 4.57. The maximum Gasteiger partial charge on any atom is 0.252 e. The highest BCUT2D eigenvalue weighted by molar-refractivity contribution is 7.91. The lowest BCUT2D eigenvalue weighted by Gasteiger charge is -2.24. The van der Waals surface area contributed by atoms with E-state index in [1.165, 1.54) is 7.05 Å². The molecule has 0 spiro atoms. The van der Waals surface area contributed by atoms with Crippen molar-refractivity contribution in [2.24, 2.45) is 0 Å². The van der Waals surface area contributed by atoms with E-state index in [4.69, 9.17) is 0 Å². The molecule has 1 amide bonds. The number of carbonyl (C=O) groups is 1. The number of hydrogen-bond donors (Lipinski definition) is 0. The first-order chi connectivity index (χ1) is 9.43. The van der Waals surface area contributed by atoms with Gasteiger partial charge in [-0.1, -0.05) is 19.9 Å². The molecule has 5 nitrogen and oxygen atoms in total. The van der Waals surface area contributed by atoms with Gasteiger partial charge in [-0.3, -0.25) is 4.79 Å². The lowest BCUT2D eigenvalue weighted by molar-refractivity contribution is -0.131. The fourth-order valence-corrected chi connectivity index (χ4v) is 4.16. The van der Waals surface area contributed by atoms with Gasteiger partial charge in [0.05, 0.1) is 6.54 Å². The minimum Gasteiger partial charge on any atom is -0.342 e.